The quantitative estimate of drug-likeness (QED) is 0.115. The third kappa shape index (κ3) is 9.61. The van der Waals surface area contributed by atoms with Crippen LogP contribution in [0.2, 0.25) is 5.02 Å². The number of hydrogen-bond acceptors (Lipinski definition) is 12. The molecule has 4 heterocycles. The minimum Gasteiger partial charge on any atom is -0.493 e. The number of aryl methyl sites for hydroxylation is 4. The molecule has 1 aliphatic heterocycles. The largest absolute Gasteiger partial charge is 0.493 e. The molecule has 0 unspecified atom stereocenters. The zero-order valence-electron chi connectivity index (χ0n) is 33.6. The van der Waals surface area contributed by atoms with E-state index in [0.29, 0.717) is 30.2 Å². The van der Waals surface area contributed by atoms with Gasteiger partial charge in [0.2, 0.25) is 0 Å². The Morgan fingerprint density at radius 2 is 1.68 bits per heavy atom. The van der Waals surface area contributed by atoms with Crippen molar-refractivity contribution in [2.45, 2.75) is 66.3 Å². The first-order valence-corrected chi connectivity index (χ1v) is 21.7. The van der Waals surface area contributed by atoms with Gasteiger partial charge in [-0.15, -0.1) is 23.5 Å². The summed E-state index contributed by atoms with van der Waals surface area (Å²) in [5.74, 6) is 2.04. The maximum Gasteiger partial charge on any atom is 0.352 e. The summed E-state index contributed by atoms with van der Waals surface area (Å²) in [6, 6.07) is 18.6. The van der Waals surface area contributed by atoms with Crippen molar-refractivity contribution in [2.24, 2.45) is 21.1 Å². The van der Waals surface area contributed by atoms with Gasteiger partial charge < -0.3 is 45.3 Å². The van der Waals surface area contributed by atoms with Gasteiger partial charge in [-0.05, 0) is 62.0 Å². The first-order valence-electron chi connectivity index (χ1n) is 19.2. The average Bonchev–Trinajstić information content (AvgIpc) is 3.82. The number of rotatable bonds is 7. The Hall–Kier alpha value is -4.10. The van der Waals surface area contributed by atoms with Gasteiger partial charge in [-0.25, -0.2) is 4.79 Å². The number of hydrogen-bond donors (Lipinski definition) is 7. The maximum absolute atomic E-state index is 12.7. The van der Waals surface area contributed by atoms with Crippen molar-refractivity contribution in [3.05, 3.63) is 93.7 Å². The predicted octanol–water partition coefficient (Wildman–Crippen LogP) is 4.82. The van der Waals surface area contributed by atoms with Gasteiger partial charge in [-0.2, -0.15) is 10.2 Å². The lowest BCUT2D eigenvalue weighted by molar-refractivity contribution is -0.113. The van der Waals surface area contributed by atoms with Crippen molar-refractivity contribution in [1.29, 1.82) is 0 Å². The number of carboxylic acids is 1. The predicted molar refractivity (Wildman–Crippen MR) is 232 cm³/mol. The molecule has 17 heteroatoms. The third-order valence-corrected chi connectivity index (χ3v) is 12.8. The maximum atomic E-state index is 12.7. The zero-order chi connectivity index (χ0) is 42.5. The first-order chi connectivity index (χ1) is 28.2. The summed E-state index contributed by atoms with van der Waals surface area (Å²) >= 11 is 10.5. The van der Waals surface area contributed by atoms with Gasteiger partial charge in [0.1, 0.15) is 29.8 Å². The Kier molecular flexibility index (Phi) is 14.7. The van der Waals surface area contributed by atoms with E-state index in [1.54, 1.807) is 35.1 Å². The van der Waals surface area contributed by atoms with Crippen LogP contribution in [0.4, 0.5) is 0 Å². The number of aliphatic hydroxyl groups excluding tert-OH is 5. The lowest BCUT2D eigenvalue weighted by Crippen LogP contribution is -2.48. The van der Waals surface area contributed by atoms with Crippen LogP contribution in [0.5, 0.6) is 5.75 Å². The van der Waals surface area contributed by atoms with Crippen molar-refractivity contribution >= 4 is 62.8 Å². The molecular weight excluding hydrogens is 816 g/mol. The summed E-state index contributed by atoms with van der Waals surface area (Å²) in [6.07, 6.45) is -4.45. The SMILES string of the molecule is CNC[C@H](O)[C@@H](O)[C@H](O)[C@H](O)CO.Cc1c2c(nn1C)CSCc1cc(n(C)n1)CSc1cc(c3ccccc3c1)OCCCc1c(C(=O)O)n(C)c3c-2c(Cl)ccc13. The van der Waals surface area contributed by atoms with E-state index in [1.807, 2.05) is 61.7 Å². The number of aromatic nitrogens is 5. The molecule has 7 rings (SSSR count). The van der Waals surface area contributed by atoms with Crippen molar-refractivity contribution in [1.82, 2.24) is 29.4 Å². The molecule has 7 N–H and O–H groups in total. The molecular formula is C42H51ClN6O8S2. The number of carbonyl (C=O) groups is 1. The van der Waals surface area contributed by atoms with E-state index in [1.165, 1.54) is 0 Å². The summed E-state index contributed by atoms with van der Waals surface area (Å²) in [6.45, 7) is 1.91. The van der Waals surface area contributed by atoms with Crippen LogP contribution in [-0.2, 0) is 44.8 Å². The van der Waals surface area contributed by atoms with Crippen LogP contribution < -0.4 is 10.1 Å². The van der Waals surface area contributed by atoms with E-state index in [-0.39, 0.29) is 12.2 Å². The second-order valence-corrected chi connectivity index (χ2v) is 17.0. The van der Waals surface area contributed by atoms with E-state index >= 15 is 0 Å². The van der Waals surface area contributed by atoms with Gasteiger partial charge >= 0.3 is 5.97 Å². The Labute approximate surface area is 355 Å². The number of likely N-dealkylation sites (N-methyl/N-ethyl adjacent to an activating group) is 1. The standard InChI is InChI=1S/C35H34ClN5O3S2.C7H17NO5/c1-20-31-29(38-40(20)3)19-45-17-22-15-23(41(4)37-22)18-46-24-14-21-8-5-6-9-25(21)30(16-24)44-13-7-10-26-27-11-12-28(36)32(31)33(27)39(2)34(26)35(42)43;1-8-2-4(10)6(12)7(13)5(11)3-9/h5-6,8-9,11-12,14-16H,7,10,13,17-19H2,1-4H3,(H,42,43);4-13H,2-3H2,1H3/t;4-,5+,6+,7+/m.0/s1. The number of fused-ring (bicyclic) bond motifs is 8. The van der Waals surface area contributed by atoms with Crippen LogP contribution in [0.25, 0.3) is 32.8 Å². The highest BCUT2D eigenvalue weighted by molar-refractivity contribution is 7.98. The first kappa shape index (κ1) is 44.5. The molecule has 6 aromatic rings. The van der Waals surface area contributed by atoms with Crippen molar-refractivity contribution < 1.29 is 40.2 Å². The molecule has 316 valence electrons. The van der Waals surface area contributed by atoms with E-state index in [2.05, 4.69) is 35.6 Å². The molecule has 8 bridgehead atoms. The minimum absolute atomic E-state index is 0.0936. The highest BCUT2D eigenvalue weighted by Crippen LogP contribution is 2.43. The Morgan fingerprint density at radius 3 is 2.41 bits per heavy atom. The summed E-state index contributed by atoms with van der Waals surface area (Å²) in [4.78, 5) is 13.8. The molecule has 0 radical (unpaired) electrons. The lowest BCUT2D eigenvalue weighted by Gasteiger charge is -2.25. The monoisotopic (exact) mass is 866 g/mol. The summed E-state index contributed by atoms with van der Waals surface area (Å²) in [7, 11) is 7.33. The van der Waals surface area contributed by atoms with E-state index in [0.717, 1.165) is 83.3 Å². The molecule has 0 spiro atoms. The molecule has 0 saturated heterocycles. The van der Waals surface area contributed by atoms with Crippen LogP contribution in [0.15, 0.2) is 59.5 Å². The van der Waals surface area contributed by atoms with Gasteiger partial charge in [0, 0.05) is 83.1 Å². The number of thioether (sulfide) groups is 2. The summed E-state index contributed by atoms with van der Waals surface area (Å²) in [5.41, 5.74) is 7.70. The average molecular weight is 867 g/mol. The fourth-order valence-electron chi connectivity index (χ4n) is 7.43. The molecule has 0 aliphatic carbocycles. The molecule has 1 aliphatic rings. The molecule has 3 aromatic carbocycles. The van der Waals surface area contributed by atoms with Crippen LogP contribution >= 0.6 is 35.1 Å². The van der Waals surface area contributed by atoms with Gasteiger partial charge in [0.15, 0.2) is 0 Å². The fourth-order valence-corrected chi connectivity index (χ4v) is 9.51. The Morgan fingerprint density at radius 1 is 0.932 bits per heavy atom. The van der Waals surface area contributed by atoms with Crippen LogP contribution in [0.1, 0.15) is 45.2 Å². The fraction of sp³-hybridized carbons (Fsp3) is 0.405. The van der Waals surface area contributed by atoms with Crippen LogP contribution in [-0.4, -0.2) is 112 Å². The van der Waals surface area contributed by atoms with Crippen LogP contribution in [0, 0.1) is 6.92 Å². The van der Waals surface area contributed by atoms with E-state index < -0.39 is 37.0 Å². The minimum atomic E-state index is -1.55. The molecule has 4 atom stereocenters. The number of ether oxygens (including phenoxy) is 1. The van der Waals surface area contributed by atoms with Crippen molar-refractivity contribution in [3.63, 3.8) is 0 Å². The molecule has 0 fully saturated rings. The van der Waals surface area contributed by atoms with Crippen LogP contribution in [0.3, 0.4) is 0 Å². The van der Waals surface area contributed by atoms with Gasteiger partial charge in [-0.3, -0.25) is 9.36 Å². The molecule has 59 heavy (non-hydrogen) atoms. The third-order valence-electron chi connectivity index (χ3n) is 10.5. The molecule has 0 amide bonds. The molecule has 14 nitrogen and oxygen atoms in total. The summed E-state index contributed by atoms with van der Waals surface area (Å²) < 4.78 is 12.1. The van der Waals surface area contributed by atoms with E-state index in [4.69, 9.17) is 47.0 Å². The summed E-state index contributed by atoms with van der Waals surface area (Å²) in [5, 5.41) is 71.2. The number of halogens is 1. The number of aromatic carboxylic acids is 1. The normalized spacial score (nSPS) is 15.7. The van der Waals surface area contributed by atoms with Crippen molar-refractivity contribution in [3.8, 4) is 16.9 Å². The topological polar surface area (TPSA) is 200 Å². The van der Waals surface area contributed by atoms with E-state index in [9.17, 15) is 15.0 Å². The number of nitrogens with zero attached hydrogens (tertiary/aromatic N) is 5. The number of benzene rings is 3. The highest BCUT2D eigenvalue weighted by atomic mass is 35.5. The number of carboxylic acid groups (broad SMARTS) is 1. The Balaban J connectivity index is 0.000000390. The second-order valence-electron chi connectivity index (χ2n) is 14.5. The lowest BCUT2D eigenvalue weighted by atomic mass is 9.98. The second kappa shape index (κ2) is 19.5. The number of aliphatic hydroxyl groups is 5. The Bertz CT molecular complexity index is 2430. The van der Waals surface area contributed by atoms with Crippen molar-refractivity contribution in [2.75, 3.05) is 26.8 Å². The highest BCUT2D eigenvalue weighted by Gasteiger charge is 2.30. The van der Waals surface area contributed by atoms with Gasteiger partial charge in [0.25, 0.3) is 0 Å². The van der Waals surface area contributed by atoms with Gasteiger partial charge in [-0.1, -0.05) is 41.9 Å². The molecule has 0 saturated carbocycles. The number of nitrogens with one attached hydrogen (secondary N) is 1. The molecule has 3 aromatic heterocycles. The smallest absolute Gasteiger partial charge is 0.352 e. The van der Waals surface area contributed by atoms with Gasteiger partial charge in [0.05, 0.1) is 41.2 Å². The zero-order valence-corrected chi connectivity index (χ0v) is 36.0.